The van der Waals surface area contributed by atoms with Crippen molar-refractivity contribution in [3.63, 3.8) is 0 Å². The lowest BCUT2D eigenvalue weighted by molar-refractivity contribution is 0.0858. The third-order valence-electron chi connectivity index (χ3n) is 3.99. The van der Waals surface area contributed by atoms with Crippen LogP contribution in [0.15, 0.2) is 24.3 Å². The molecule has 20 heavy (non-hydrogen) atoms. The molecule has 3 unspecified atom stereocenters. The van der Waals surface area contributed by atoms with Crippen LogP contribution in [0, 0.1) is 5.92 Å². The van der Waals surface area contributed by atoms with Gasteiger partial charge in [-0.05, 0) is 36.5 Å². The molecule has 4 nitrogen and oxygen atoms in total. The lowest BCUT2D eigenvalue weighted by Crippen LogP contribution is -2.31. The van der Waals surface area contributed by atoms with Crippen LogP contribution in [0.3, 0.4) is 0 Å². The van der Waals surface area contributed by atoms with Crippen LogP contribution in [-0.4, -0.2) is 38.0 Å². The summed E-state index contributed by atoms with van der Waals surface area (Å²) < 4.78 is 10.8. The Hall–Kier alpha value is -1.10. The van der Waals surface area contributed by atoms with E-state index in [-0.39, 0.29) is 0 Å². The number of aliphatic hydroxyl groups is 1. The molecule has 1 aromatic rings. The Balaban J connectivity index is 1.75. The Morgan fingerprint density at radius 1 is 1.40 bits per heavy atom. The minimum absolute atomic E-state index is 0.376. The average molecular weight is 279 g/mol. The molecule has 0 aliphatic carbocycles. The van der Waals surface area contributed by atoms with E-state index in [0.717, 1.165) is 37.3 Å². The smallest absolute Gasteiger partial charge is 0.118 e. The van der Waals surface area contributed by atoms with Crippen LogP contribution in [0.2, 0.25) is 0 Å². The molecule has 1 aliphatic rings. The Morgan fingerprint density at radius 3 is 2.80 bits per heavy atom. The van der Waals surface area contributed by atoms with E-state index in [1.54, 1.807) is 7.11 Å². The first-order valence-corrected chi connectivity index (χ1v) is 7.39. The van der Waals surface area contributed by atoms with Gasteiger partial charge in [0.1, 0.15) is 5.75 Å². The predicted octanol–water partition coefficient (Wildman–Crippen LogP) is 2.13. The van der Waals surface area contributed by atoms with E-state index in [1.165, 1.54) is 0 Å². The fourth-order valence-electron chi connectivity index (χ4n) is 2.73. The molecule has 2 N–H and O–H groups in total. The van der Waals surface area contributed by atoms with Crippen molar-refractivity contribution in [3.8, 4) is 5.75 Å². The summed E-state index contributed by atoms with van der Waals surface area (Å²) in [6.07, 6.45) is 2.07. The van der Waals surface area contributed by atoms with Gasteiger partial charge in [0.05, 0.1) is 19.3 Å². The minimum Gasteiger partial charge on any atom is -0.497 e. The highest BCUT2D eigenvalue weighted by Crippen LogP contribution is 2.23. The molecule has 1 aromatic carbocycles. The largest absolute Gasteiger partial charge is 0.497 e. The van der Waals surface area contributed by atoms with Crippen LogP contribution in [0.25, 0.3) is 0 Å². The van der Waals surface area contributed by atoms with Gasteiger partial charge < -0.3 is 19.9 Å². The summed E-state index contributed by atoms with van der Waals surface area (Å²) in [5.41, 5.74) is 0.910. The minimum atomic E-state index is -0.483. The quantitative estimate of drug-likeness (QED) is 0.803. The number of hydrogen-bond donors (Lipinski definition) is 2. The lowest BCUT2D eigenvalue weighted by atomic mass is 9.99. The second kappa shape index (κ2) is 7.62. The van der Waals surface area contributed by atoms with E-state index in [1.807, 2.05) is 24.3 Å². The molecule has 1 saturated heterocycles. The van der Waals surface area contributed by atoms with Crippen LogP contribution < -0.4 is 10.1 Å². The fourth-order valence-corrected chi connectivity index (χ4v) is 2.73. The molecule has 0 spiro atoms. The van der Waals surface area contributed by atoms with E-state index >= 15 is 0 Å². The summed E-state index contributed by atoms with van der Waals surface area (Å²) in [4.78, 5) is 0. The lowest BCUT2D eigenvalue weighted by Gasteiger charge is -2.19. The number of aliphatic hydroxyl groups excluding tert-OH is 1. The Labute approximate surface area is 121 Å². The van der Waals surface area contributed by atoms with Crippen molar-refractivity contribution >= 4 is 0 Å². The number of ether oxygens (including phenoxy) is 2. The number of methoxy groups -OCH3 is 1. The fraction of sp³-hybridized carbons (Fsp3) is 0.625. The monoisotopic (exact) mass is 279 g/mol. The molecule has 0 bridgehead atoms. The normalized spacial score (nSPS) is 23.8. The zero-order valence-electron chi connectivity index (χ0n) is 12.3. The molecule has 0 aromatic heterocycles. The summed E-state index contributed by atoms with van der Waals surface area (Å²) in [7, 11) is 1.64. The van der Waals surface area contributed by atoms with E-state index in [4.69, 9.17) is 9.47 Å². The number of hydrogen-bond acceptors (Lipinski definition) is 4. The molecule has 3 atom stereocenters. The van der Waals surface area contributed by atoms with Crippen molar-refractivity contribution in [2.45, 2.75) is 32.0 Å². The topological polar surface area (TPSA) is 50.7 Å². The summed E-state index contributed by atoms with van der Waals surface area (Å²) in [5.74, 6) is 1.38. The molecule has 1 aliphatic heterocycles. The summed E-state index contributed by atoms with van der Waals surface area (Å²) in [5, 5.41) is 13.5. The van der Waals surface area contributed by atoms with Gasteiger partial charge in [-0.15, -0.1) is 0 Å². The zero-order chi connectivity index (χ0) is 14.4. The molecule has 0 radical (unpaired) electrons. The molecule has 1 heterocycles. The molecular formula is C16H25NO3. The van der Waals surface area contributed by atoms with Crippen molar-refractivity contribution in [2.24, 2.45) is 5.92 Å². The van der Waals surface area contributed by atoms with Gasteiger partial charge in [-0.2, -0.15) is 0 Å². The van der Waals surface area contributed by atoms with Crippen molar-refractivity contribution < 1.29 is 14.6 Å². The summed E-state index contributed by atoms with van der Waals surface area (Å²) in [6, 6.07) is 7.55. The predicted molar refractivity (Wildman–Crippen MR) is 79.0 cm³/mol. The van der Waals surface area contributed by atoms with Crippen LogP contribution in [0.4, 0.5) is 0 Å². The highest BCUT2D eigenvalue weighted by Gasteiger charge is 2.26. The molecule has 1 fully saturated rings. The first kappa shape index (κ1) is 15.3. The highest BCUT2D eigenvalue weighted by molar-refractivity contribution is 5.28. The van der Waals surface area contributed by atoms with Gasteiger partial charge in [0.15, 0.2) is 0 Å². The van der Waals surface area contributed by atoms with Gasteiger partial charge in [0.2, 0.25) is 0 Å². The van der Waals surface area contributed by atoms with Gasteiger partial charge in [0, 0.05) is 19.7 Å². The number of nitrogens with one attached hydrogen (secondary N) is 1. The zero-order valence-corrected chi connectivity index (χ0v) is 12.3. The Bertz CT molecular complexity index is 393. The van der Waals surface area contributed by atoms with Crippen LogP contribution in [0.1, 0.15) is 31.4 Å². The van der Waals surface area contributed by atoms with Gasteiger partial charge in [-0.3, -0.25) is 0 Å². The SMILES string of the molecule is CCC1OCCC1CNCC(O)c1ccc(OC)cc1. The molecule has 112 valence electrons. The van der Waals surface area contributed by atoms with Crippen molar-refractivity contribution in [2.75, 3.05) is 26.8 Å². The highest BCUT2D eigenvalue weighted by atomic mass is 16.5. The third kappa shape index (κ3) is 3.95. The van der Waals surface area contributed by atoms with Gasteiger partial charge in [-0.25, -0.2) is 0 Å². The van der Waals surface area contributed by atoms with Crippen molar-refractivity contribution in [3.05, 3.63) is 29.8 Å². The second-order valence-corrected chi connectivity index (χ2v) is 5.31. The second-order valence-electron chi connectivity index (χ2n) is 5.31. The van der Waals surface area contributed by atoms with Crippen LogP contribution >= 0.6 is 0 Å². The first-order chi connectivity index (χ1) is 9.74. The summed E-state index contributed by atoms with van der Waals surface area (Å²) >= 11 is 0. The van der Waals surface area contributed by atoms with Gasteiger partial charge in [-0.1, -0.05) is 19.1 Å². The molecular weight excluding hydrogens is 254 g/mol. The Kier molecular flexibility index (Phi) is 5.83. The van der Waals surface area contributed by atoms with E-state index < -0.39 is 6.10 Å². The summed E-state index contributed by atoms with van der Waals surface area (Å²) in [6.45, 7) is 4.51. The number of rotatable bonds is 7. The maximum atomic E-state index is 10.1. The maximum Gasteiger partial charge on any atom is 0.118 e. The van der Waals surface area contributed by atoms with E-state index in [0.29, 0.717) is 18.6 Å². The van der Waals surface area contributed by atoms with E-state index in [2.05, 4.69) is 12.2 Å². The first-order valence-electron chi connectivity index (χ1n) is 7.39. The molecule has 2 rings (SSSR count). The third-order valence-corrected chi connectivity index (χ3v) is 3.99. The maximum absolute atomic E-state index is 10.1. The number of benzene rings is 1. The van der Waals surface area contributed by atoms with Crippen molar-refractivity contribution in [1.82, 2.24) is 5.32 Å². The van der Waals surface area contributed by atoms with Gasteiger partial charge >= 0.3 is 0 Å². The molecule has 0 amide bonds. The van der Waals surface area contributed by atoms with E-state index in [9.17, 15) is 5.11 Å². The molecule has 0 saturated carbocycles. The Morgan fingerprint density at radius 2 is 2.15 bits per heavy atom. The molecule has 4 heteroatoms. The van der Waals surface area contributed by atoms with Gasteiger partial charge in [0.25, 0.3) is 0 Å². The average Bonchev–Trinajstić information content (AvgIpc) is 2.94. The van der Waals surface area contributed by atoms with Crippen molar-refractivity contribution in [1.29, 1.82) is 0 Å². The standard InChI is InChI=1S/C16H25NO3/c1-3-16-13(8-9-20-16)10-17-11-15(18)12-4-6-14(19-2)7-5-12/h4-7,13,15-18H,3,8-11H2,1-2H3. The van der Waals surface area contributed by atoms with Crippen LogP contribution in [-0.2, 0) is 4.74 Å². The van der Waals surface area contributed by atoms with Crippen LogP contribution in [0.5, 0.6) is 5.75 Å².